The van der Waals surface area contributed by atoms with Gasteiger partial charge in [0.15, 0.2) is 11.6 Å². The smallest absolute Gasteiger partial charge is 0.171 e. The molecular weight excluding hydrogens is 214 g/mol. The number of methoxy groups -OCH3 is 1. The summed E-state index contributed by atoms with van der Waals surface area (Å²) < 4.78 is 5.39. The highest BCUT2D eigenvalue weighted by Crippen LogP contribution is 2.32. The summed E-state index contributed by atoms with van der Waals surface area (Å²) in [6.45, 7) is 3.32. The lowest BCUT2D eigenvalue weighted by molar-refractivity contribution is 0.340. The summed E-state index contributed by atoms with van der Waals surface area (Å²) in [6.07, 6.45) is 4.48. The Morgan fingerprint density at radius 2 is 2.41 bits per heavy atom. The quantitative estimate of drug-likeness (QED) is 0.835. The van der Waals surface area contributed by atoms with Crippen molar-refractivity contribution in [3.63, 3.8) is 0 Å². The zero-order valence-electron chi connectivity index (χ0n) is 10.2. The van der Waals surface area contributed by atoms with E-state index in [-0.39, 0.29) is 0 Å². The Bertz CT molecular complexity index is 382. The molecule has 0 amide bonds. The van der Waals surface area contributed by atoms with E-state index in [0.717, 1.165) is 37.1 Å². The molecule has 0 radical (unpaired) electrons. The third-order valence-electron chi connectivity index (χ3n) is 3.87. The molecule has 1 aromatic rings. The number of pyridine rings is 1. The van der Waals surface area contributed by atoms with Crippen molar-refractivity contribution in [1.82, 2.24) is 10.3 Å². The highest BCUT2D eigenvalue weighted by molar-refractivity contribution is 5.53. The summed E-state index contributed by atoms with van der Waals surface area (Å²) in [4.78, 5) is 6.82. The van der Waals surface area contributed by atoms with Crippen LogP contribution in [0, 0.1) is 5.92 Å². The molecule has 92 valence electrons. The van der Waals surface area contributed by atoms with E-state index in [1.165, 1.54) is 12.8 Å². The Hall–Kier alpha value is -1.29. The lowest BCUT2D eigenvalue weighted by atomic mass is 9.94. The number of anilines is 1. The highest BCUT2D eigenvalue weighted by Gasteiger charge is 2.35. The molecule has 2 fully saturated rings. The standard InChI is InChI=1S/C13H19N3O/c1-17-12-5-3-7-15-13(12)16-8-10-4-2-6-14-11(10)9-16/h3,5,7,10-11,14H,2,4,6,8-9H2,1H3/t10-,11+/m0/s1. The van der Waals surface area contributed by atoms with Crippen LogP contribution < -0.4 is 15.0 Å². The number of hydrogen-bond donors (Lipinski definition) is 1. The van der Waals surface area contributed by atoms with Crippen molar-refractivity contribution in [2.45, 2.75) is 18.9 Å². The van der Waals surface area contributed by atoms with Gasteiger partial charge in [0.25, 0.3) is 0 Å². The molecule has 1 N–H and O–H groups in total. The van der Waals surface area contributed by atoms with E-state index in [0.29, 0.717) is 6.04 Å². The van der Waals surface area contributed by atoms with Crippen LogP contribution >= 0.6 is 0 Å². The number of fused-ring (bicyclic) bond motifs is 1. The van der Waals surface area contributed by atoms with Crippen molar-refractivity contribution < 1.29 is 4.74 Å². The molecule has 4 nitrogen and oxygen atoms in total. The minimum atomic E-state index is 0.635. The molecule has 3 rings (SSSR count). The van der Waals surface area contributed by atoms with E-state index in [2.05, 4.69) is 15.2 Å². The maximum atomic E-state index is 5.39. The first kappa shape index (κ1) is 10.8. The van der Waals surface area contributed by atoms with Gasteiger partial charge in [0, 0.05) is 25.3 Å². The van der Waals surface area contributed by atoms with Crippen LogP contribution in [0.4, 0.5) is 5.82 Å². The lowest BCUT2D eigenvalue weighted by Crippen LogP contribution is -2.40. The minimum absolute atomic E-state index is 0.635. The number of ether oxygens (including phenoxy) is 1. The molecule has 0 unspecified atom stereocenters. The summed E-state index contributed by atoms with van der Waals surface area (Å²) in [7, 11) is 1.71. The lowest BCUT2D eigenvalue weighted by Gasteiger charge is -2.24. The topological polar surface area (TPSA) is 37.4 Å². The molecule has 0 bridgehead atoms. The van der Waals surface area contributed by atoms with Gasteiger partial charge in [0.2, 0.25) is 0 Å². The second-order valence-corrected chi connectivity index (χ2v) is 4.90. The minimum Gasteiger partial charge on any atom is -0.493 e. The van der Waals surface area contributed by atoms with E-state index in [9.17, 15) is 0 Å². The third kappa shape index (κ3) is 1.97. The van der Waals surface area contributed by atoms with Crippen molar-refractivity contribution in [3.8, 4) is 5.75 Å². The number of nitrogens with one attached hydrogen (secondary N) is 1. The van der Waals surface area contributed by atoms with Crippen molar-refractivity contribution in [2.75, 3.05) is 31.6 Å². The van der Waals surface area contributed by atoms with Crippen LogP contribution in [-0.4, -0.2) is 37.8 Å². The van der Waals surface area contributed by atoms with Gasteiger partial charge in [-0.15, -0.1) is 0 Å². The molecule has 3 heterocycles. The number of hydrogen-bond acceptors (Lipinski definition) is 4. The normalized spacial score (nSPS) is 27.9. The van der Waals surface area contributed by atoms with E-state index in [1.54, 1.807) is 7.11 Å². The number of nitrogens with zero attached hydrogens (tertiary/aromatic N) is 2. The van der Waals surface area contributed by atoms with Crippen LogP contribution in [0.1, 0.15) is 12.8 Å². The van der Waals surface area contributed by atoms with Crippen molar-refractivity contribution in [2.24, 2.45) is 5.92 Å². The summed E-state index contributed by atoms with van der Waals surface area (Å²) in [5.74, 6) is 2.65. The van der Waals surface area contributed by atoms with Gasteiger partial charge in [0.1, 0.15) is 0 Å². The van der Waals surface area contributed by atoms with Gasteiger partial charge >= 0.3 is 0 Å². The first-order valence-electron chi connectivity index (χ1n) is 6.36. The van der Waals surface area contributed by atoms with Gasteiger partial charge in [-0.2, -0.15) is 0 Å². The molecule has 0 saturated carbocycles. The molecular formula is C13H19N3O. The predicted octanol–water partition coefficient (Wildman–Crippen LogP) is 1.28. The van der Waals surface area contributed by atoms with Gasteiger partial charge in [-0.1, -0.05) is 0 Å². The Kier molecular flexibility index (Phi) is 2.89. The maximum absolute atomic E-state index is 5.39. The van der Waals surface area contributed by atoms with Gasteiger partial charge in [-0.25, -0.2) is 4.98 Å². The molecule has 1 aromatic heterocycles. The summed E-state index contributed by atoms with van der Waals surface area (Å²) in [5.41, 5.74) is 0. The van der Waals surface area contributed by atoms with Crippen LogP contribution in [-0.2, 0) is 0 Å². The monoisotopic (exact) mass is 233 g/mol. The maximum Gasteiger partial charge on any atom is 0.171 e. The molecule has 2 saturated heterocycles. The van der Waals surface area contributed by atoms with E-state index in [1.807, 2.05) is 18.3 Å². The summed E-state index contributed by atoms with van der Waals surface area (Å²) >= 11 is 0. The van der Waals surface area contributed by atoms with E-state index in [4.69, 9.17) is 4.74 Å². The Morgan fingerprint density at radius 3 is 3.24 bits per heavy atom. The van der Waals surface area contributed by atoms with Crippen LogP contribution in [0.2, 0.25) is 0 Å². The van der Waals surface area contributed by atoms with Crippen LogP contribution in [0.15, 0.2) is 18.3 Å². The number of rotatable bonds is 2. The molecule has 2 atom stereocenters. The van der Waals surface area contributed by atoms with Gasteiger partial charge in [0.05, 0.1) is 7.11 Å². The largest absolute Gasteiger partial charge is 0.493 e. The second kappa shape index (κ2) is 4.53. The average molecular weight is 233 g/mol. The first-order chi connectivity index (χ1) is 8.38. The van der Waals surface area contributed by atoms with Crippen LogP contribution in [0.5, 0.6) is 5.75 Å². The Labute approximate surface area is 102 Å². The predicted molar refractivity (Wildman–Crippen MR) is 67.5 cm³/mol. The molecule has 17 heavy (non-hydrogen) atoms. The number of piperidine rings is 1. The van der Waals surface area contributed by atoms with Gasteiger partial charge in [-0.05, 0) is 37.4 Å². The van der Waals surface area contributed by atoms with Gasteiger partial charge in [-0.3, -0.25) is 0 Å². The molecule has 2 aliphatic rings. The van der Waals surface area contributed by atoms with Crippen molar-refractivity contribution in [1.29, 1.82) is 0 Å². The Balaban J connectivity index is 1.81. The average Bonchev–Trinajstić information content (AvgIpc) is 2.82. The number of aromatic nitrogens is 1. The van der Waals surface area contributed by atoms with Crippen molar-refractivity contribution >= 4 is 5.82 Å². The summed E-state index contributed by atoms with van der Waals surface area (Å²) in [6, 6.07) is 4.54. The fourth-order valence-corrected chi connectivity index (χ4v) is 3.00. The zero-order valence-corrected chi connectivity index (χ0v) is 10.2. The molecule has 2 aliphatic heterocycles. The van der Waals surface area contributed by atoms with Crippen molar-refractivity contribution in [3.05, 3.63) is 18.3 Å². The van der Waals surface area contributed by atoms with Crippen LogP contribution in [0.3, 0.4) is 0 Å². The fourth-order valence-electron chi connectivity index (χ4n) is 3.00. The second-order valence-electron chi connectivity index (χ2n) is 4.90. The summed E-state index contributed by atoms with van der Waals surface area (Å²) in [5, 5.41) is 3.61. The molecule has 0 aliphatic carbocycles. The van der Waals surface area contributed by atoms with Crippen LogP contribution in [0.25, 0.3) is 0 Å². The van der Waals surface area contributed by atoms with E-state index < -0.39 is 0 Å². The van der Waals surface area contributed by atoms with Gasteiger partial charge < -0.3 is 15.0 Å². The Morgan fingerprint density at radius 1 is 1.47 bits per heavy atom. The fraction of sp³-hybridized carbons (Fsp3) is 0.615. The SMILES string of the molecule is COc1cccnc1N1C[C@@H]2CCCN[C@@H]2C1. The molecule has 0 aromatic carbocycles. The third-order valence-corrected chi connectivity index (χ3v) is 3.87. The van der Waals surface area contributed by atoms with E-state index >= 15 is 0 Å². The molecule has 0 spiro atoms. The first-order valence-corrected chi connectivity index (χ1v) is 6.36. The zero-order chi connectivity index (χ0) is 11.7. The highest BCUT2D eigenvalue weighted by atomic mass is 16.5. The molecule has 4 heteroatoms.